The van der Waals surface area contributed by atoms with Gasteiger partial charge >= 0.3 is 0 Å². The number of hydrogen-bond acceptors (Lipinski definition) is 4. The van der Waals surface area contributed by atoms with E-state index in [4.69, 9.17) is 0 Å². The van der Waals surface area contributed by atoms with Gasteiger partial charge in [-0.1, -0.05) is 42.5 Å². The lowest BCUT2D eigenvalue weighted by molar-refractivity contribution is 0.0581. The summed E-state index contributed by atoms with van der Waals surface area (Å²) in [6.45, 7) is 10.2. The number of fused-ring (bicyclic) bond motifs is 1. The Labute approximate surface area is 250 Å². The molecule has 0 radical (unpaired) electrons. The van der Waals surface area contributed by atoms with E-state index in [1.54, 1.807) is 24.3 Å². The molecule has 1 saturated heterocycles. The minimum atomic E-state index is -0.671. The second kappa shape index (κ2) is 11.7. The predicted molar refractivity (Wildman–Crippen MR) is 165 cm³/mol. The van der Waals surface area contributed by atoms with E-state index >= 15 is 4.39 Å². The summed E-state index contributed by atoms with van der Waals surface area (Å²) < 4.78 is 31.2. The van der Waals surface area contributed by atoms with Crippen LogP contribution >= 0.6 is 0 Å². The number of nitrogens with zero attached hydrogens (tertiary/aromatic N) is 3. The van der Waals surface area contributed by atoms with Crippen molar-refractivity contribution in [2.75, 3.05) is 26.2 Å². The molecule has 0 bridgehead atoms. The molecule has 1 aliphatic carbocycles. The van der Waals surface area contributed by atoms with Crippen LogP contribution < -0.4 is 10.9 Å². The van der Waals surface area contributed by atoms with Gasteiger partial charge in [0.25, 0.3) is 11.5 Å². The number of pyridine rings is 1. The highest BCUT2D eigenvalue weighted by Gasteiger charge is 2.36. The van der Waals surface area contributed by atoms with Crippen LogP contribution in [0.15, 0.2) is 77.6 Å². The van der Waals surface area contributed by atoms with Gasteiger partial charge < -0.3 is 5.32 Å². The molecule has 4 aromatic rings. The van der Waals surface area contributed by atoms with Gasteiger partial charge in [0.15, 0.2) is 0 Å². The Morgan fingerprint density at radius 1 is 0.930 bits per heavy atom. The van der Waals surface area contributed by atoms with Gasteiger partial charge in [-0.2, -0.15) is 0 Å². The number of aromatic nitrogens is 1. The molecule has 224 valence electrons. The van der Waals surface area contributed by atoms with Crippen molar-refractivity contribution < 1.29 is 13.6 Å². The molecule has 1 saturated carbocycles. The summed E-state index contributed by atoms with van der Waals surface area (Å²) in [5, 5.41) is 3.35. The van der Waals surface area contributed by atoms with Gasteiger partial charge in [0.2, 0.25) is 0 Å². The molecule has 8 heteroatoms. The Bertz CT molecular complexity index is 1700. The van der Waals surface area contributed by atoms with Crippen LogP contribution in [0.4, 0.5) is 8.78 Å². The molecule has 1 aromatic heterocycles. The van der Waals surface area contributed by atoms with Crippen molar-refractivity contribution in [2.45, 2.75) is 51.7 Å². The number of benzene rings is 3. The SMILES string of the molecule is CC(C)(C)N1CCN(Cc2c(C(=O)N[C@H](c3cccc(F)c3)C3CC3)c3cccc(F)c3c(=O)n2-c2ccccc2)CC1. The number of amides is 1. The number of piperazine rings is 1. The van der Waals surface area contributed by atoms with E-state index in [-0.39, 0.29) is 33.6 Å². The maximum absolute atomic E-state index is 15.4. The van der Waals surface area contributed by atoms with Crippen molar-refractivity contribution in [1.82, 2.24) is 19.7 Å². The normalized spacial score (nSPS) is 17.2. The van der Waals surface area contributed by atoms with Gasteiger partial charge in [0.05, 0.1) is 22.7 Å². The maximum atomic E-state index is 15.4. The average Bonchev–Trinajstić information content (AvgIpc) is 3.82. The van der Waals surface area contributed by atoms with Crippen molar-refractivity contribution in [3.05, 3.63) is 112 Å². The van der Waals surface area contributed by atoms with Crippen LogP contribution in [0, 0.1) is 17.6 Å². The van der Waals surface area contributed by atoms with Crippen LogP contribution in [0.2, 0.25) is 0 Å². The first-order chi connectivity index (χ1) is 20.6. The lowest BCUT2D eigenvalue weighted by atomic mass is 9.98. The highest BCUT2D eigenvalue weighted by molar-refractivity contribution is 6.08. The molecule has 0 spiro atoms. The van der Waals surface area contributed by atoms with Crippen LogP contribution in [-0.2, 0) is 6.54 Å². The van der Waals surface area contributed by atoms with Gasteiger partial charge in [-0.15, -0.1) is 0 Å². The van der Waals surface area contributed by atoms with Crippen molar-refractivity contribution in [3.63, 3.8) is 0 Å². The molecular formula is C35H38F2N4O2. The molecular weight excluding hydrogens is 546 g/mol. The van der Waals surface area contributed by atoms with Crippen molar-refractivity contribution in [3.8, 4) is 5.69 Å². The Morgan fingerprint density at radius 2 is 1.63 bits per heavy atom. The first-order valence-corrected chi connectivity index (χ1v) is 15.1. The van der Waals surface area contributed by atoms with Crippen molar-refractivity contribution in [2.24, 2.45) is 5.92 Å². The molecule has 1 N–H and O–H groups in total. The molecule has 43 heavy (non-hydrogen) atoms. The Balaban J connectivity index is 1.50. The summed E-state index contributed by atoms with van der Waals surface area (Å²) in [4.78, 5) is 33.2. The molecule has 6 rings (SSSR count). The molecule has 2 aliphatic rings. The third-order valence-electron chi connectivity index (χ3n) is 8.78. The monoisotopic (exact) mass is 584 g/mol. The predicted octanol–water partition coefficient (Wildman–Crippen LogP) is 6.07. The largest absolute Gasteiger partial charge is 0.345 e. The smallest absolute Gasteiger partial charge is 0.266 e. The van der Waals surface area contributed by atoms with Gasteiger partial charge in [-0.3, -0.25) is 24.0 Å². The molecule has 3 aromatic carbocycles. The lowest BCUT2D eigenvalue weighted by Crippen LogP contribution is -2.53. The fraction of sp³-hybridized carbons (Fsp3) is 0.371. The number of halogens is 2. The summed E-state index contributed by atoms with van der Waals surface area (Å²) in [6.07, 6.45) is 1.84. The lowest BCUT2D eigenvalue weighted by Gasteiger charge is -2.42. The second-order valence-corrected chi connectivity index (χ2v) is 12.7. The van der Waals surface area contributed by atoms with Crippen LogP contribution in [0.1, 0.15) is 61.3 Å². The zero-order valence-corrected chi connectivity index (χ0v) is 24.9. The van der Waals surface area contributed by atoms with Gasteiger partial charge in [-0.25, -0.2) is 8.78 Å². The highest BCUT2D eigenvalue weighted by atomic mass is 19.1. The Morgan fingerprint density at radius 3 is 2.28 bits per heavy atom. The molecule has 1 atom stereocenters. The first kappa shape index (κ1) is 29.2. The molecule has 2 fully saturated rings. The number of nitrogens with one attached hydrogen (secondary N) is 1. The summed E-state index contributed by atoms with van der Waals surface area (Å²) in [5.41, 5.74) is 1.60. The topological polar surface area (TPSA) is 57.6 Å². The molecule has 1 amide bonds. The fourth-order valence-electron chi connectivity index (χ4n) is 6.31. The minimum absolute atomic E-state index is 0.0402. The van der Waals surface area contributed by atoms with E-state index in [1.807, 2.05) is 24.3 Å². The third kappa shape index (κ3) is 5.99. The zero-order chi connectivity index (χ0) is 30.3. The highest BCUT2D eigenvalue weighted by Crippen LogP contribution is 2.41. The summed E-state index contributed by atoms with van der Waals surface area (Å²) >= 11 is 0. The number of hydrogen-bond donors (Lipinski definition) is 1. The second-order valence-electron chi connectivity index (χ2n) is 12.7. The molecule has 0 unspecified atom stereocenters. The number of carbonyl (C=O) groups excluding carboxylic acids is 1. The van der Waals surface area contributed by atoms with E-state index in [9.17, 15) is 14.0 Å². The van der Waals surface area contributed by atoms with Gasteiger partial charge in [-0.05, 0) is 75.4 Å². The van der Waals surface area contributed by atoms with Gasteiger partial charge in [0, 0.05) is 49.3 Å². The van der Waals surface area contributed by atoms with Crippen LogP contribution in [0.3, 0.4) is 0 Å². The van der Waals surface area contributed by atoms with E-state index in [0.29, 0.717) is 23.5 Å². The summed E-state index contributed by atoms with van der Waals surface area (Å²) in [7, 11) is 0. The Hall–Kier alpha value is -3.88. The summed E-state index contributed by atoms with van der Waals surface area (Å²) in [6, 6.07) is 19.5. The zero-order valence-electron chi connectivity index (χ0n) is 24.9. The minimum Gasteiger partial charge on any atom is -0.345 e. The molecule has 2 heterocycles. The third-order valence-corrected chi connectivity index (χ3v) is 8.78. The van der Waals surface area contributed by atoms with E-state index < -0.39 is 23.3 Å². The summed E-state index contributed by atoms with van der Waals surface area (Å²) in [5.74, 6) is -1.25. The van der Waals surface area contributed by atoms with Crippen molar-refractivity contribution in [1.29, 1.82) is 0 Å². The van der Waals surface area contributed by atoms with E-state index in [1.165, 1.54) is 28.8 Å². The van der Waals surface area contributed by atoms with Crippen LogP contribution in [0.25, 0.3) is 16.5 Å². The number of rotatable bonds is 7. The number of para-hydroxylation sites is 1. The Kier molecular flexibility index (Phi) is 7.92. The molecule has 6 nitrogen and oxygen atoms in total. The van der Waals surface area contributed by atoms with Crippen LogP contribution in [-0.4, -0.2) is 52.0 Å². The average molecular weight is 585 g/mol. The quantitative estimate of drug-likeness (QED) is 0.287. The first-order valence-electron chi connectivity index (χ1n) is 15.1. The van der Waals surface area contributed by atoms with E-state index in [0.717, 1.165) is 39.0 Å². The number of carbonyl (C=O) groups is 1. The maximum Gasteiger partial charge on any atom is 0.266 e. The fourth-order valence-corrected chi connectivity index (χ4v) is 6.31. The molecule has 1 aliphatic heterocycles. The standard InChI is InChI=1S/C35H38F2N4O2/c1-35(2,3)40-19-17-39(18-20-40)22-29-31(33(42)38-32(23-15-16-23)24-9-7-10-25(36)21-24)27-13-8-14-28(37)30(27)34(43)41(29)26-11-5-4-6-12-26/h4-14,21,23,32H,15-20,22H2,1-3H3,(H,38,42)/t32-/m0/s1. The van der Waals surface area contributed by atoms with Gasteiger partial charge in [0.1, 0.15) is 11.6 Å². The van der Waals surface area contributed by atoms with Crippen LogP contribution in [0.5, 0.6) is 0 Å². The van der Waals surface area contributed by atoms with E-state index in [2.05, 4.69) is 35.9 Å². The van der Waals surface area contributed by atoms with Crippen molar-refractivity contribution >= 4 is 16.7 Å².